The van der Waals surface area contributed by atoms with Crippen molar-refractivity contribution in [3.05, 3.63) is 71.8 Å². The van der Waals surface area contributed by atoms with Gasteiger partial charge in [0, 0.05) is 0 Å². The SMILES string of the molecule is COc1cc(C(O)COc2ccc(C(O)COc3ccccc3OC)cc2OC)ccc1O. The maximum atomic E-state index is 10.6. The minimum atomic E-state index is -0.955. The molecule has 8 nitrogen and oxygen atoms in total. The summed E-state index contributed by atoms with van der Waals surface area (Å²) in [6.07, 6.45) is -1.86. The van der Waals surface area contributed by atoms with Gasteiger partial charge in [-0.3, -0.25) is 0 Å². The molecule has 3 aromatic carbocycles. The van der Waals surface area contributed by atoms with Gasteiger partial charge in [-0.1, -0.05) is 24.3 Å². The molecular weight excluding hydrogens is 428 g/mol. The van der Waals surface area contributed by atoms with E-state index in [1.54, 1.807) is 49.6 Å². The van der Waals surface area contributed by atoms with Crippen molar-refractivity contribution in [3.63, 3.8) is 0 Å². The summed E-state index contributed by atoms with van der Waals surface area (Å²) < 4.78 is 27.1. The Hall–Kier alpha value is -3.62. The Morgan fingerprint density at radius 3 is 1.67 bits per heavy atom. The molecule has 0 saturated heterocycles. The number of ether oxygens (including phenoxy) is 5. The number of aliphatic hydroxyl groups excluding tert-OH is 2. The van der Waals surface area contributed by atoms with Crippen molar-refractivity contribution in [3.8, 4) is 34.5 Å². The lowest BCUT2D eigenvalue weighted by Gasteiger charge is -2.18. The van der Waals surface area contributed by atoms with Crippen molar-refractivity contribution in [1.29, 1.82) is 0 Å². The van der Waals surface area contributed by atoms with Crippen LogP contribution in [0.5, 0.6) is 34.5 Å². The van der Waals surface area contributed by atoms with Gasteiger partial charge in [-0.2, -0.15) is 0 Å². The summed E-state index contributed by atoms with van der Waals surface area (Å²) in [6.45, 7) is -0.0335. The minimum Gasteiger partial charge on any atom is -0.504 e. The maximum absolute atomic E-state index is 10.6. The van der Waals surface area contributed by atoms with E-state index in [2.05, 4.69) is 0 Å². The number of rotatable bonds is 11. The number of hydrogen-bond acceptors (Lipinski definition) is 8. The second-order valence-corrected chi connectivity index (χ2v) is 7.15. The van der Waals surface area contributed by atoms with E-state index in [4.69, 9.17) is 23.7 Å². The summed E-state index contributed by atoms with van der Waals surface area (Å²) in [5.74, 6) is 2.17. The Morgan fingerprint density at radius 2 is 1.09 bits per heavy atom. The molecule has 0 aromatic heterocycles. The van der Waals surface area contributed by atoms with E-state index in [-0.39, 0.29) is 24.7 Å². The average Bonchev–Trinajstić information content (AvgIpc) is 2.86. The Kier molecular flexibility index (Phi) is 8.23. The van der Waals surface area contributed by atoms with E-state index in [0.717, 1.165) is 0 Å². The highest BCUT2D eigenvalue weighted by Gasteiger charge is 2.16. The fraction of sp³-hybridized carbons (Fsp3) is 0.280. The zero-order chi connectivity index (χ0) is 23.8. The predicted octanol–water partition coefficient (Wildman–Crippen LogP) is 3.64. The van der Waals surface area contributed by atoms with Crippen LogP contribution >= 0.6 is 0 Å². The molecule has 176 valence electrons. The highest BCUT2D eigenvalue weighted by atomic mass is 16.5. The minimum absolute atomic E-state index is 0.0140. The summed E-state index contributed by atoms with van der Waals surface area (Å²) in [6, 6.07) is 16.8. The molecular formula is C25H28O8. The van der Waals surface area contributed by atoms with Gasteiger partial charge in [-0.15, -0.1) is 0 Å². The van der Waals surface area contributed by atoms with E-state index in [0.29, 0.717) is 34.1 Å². The van der Waals surface area contributed by atoms with Crippen LogP contribution in [0.25, 0.3) is 0 Å². The van der Waals surface area contributed by atoms with Crippen LogP contribution in [0.4, 0.5) is 0 Å². The number of benzene rings is 3. The molecule has 2 unspecified atom stereocenters. The molecule has 0 aliphatic rings. The van der Waals surface area contributed by atoms with Crippen LogP contribution in [0.1, 0.15) is 23.3 Å². The van der Waals surface area contributed by atoms with Crippen LogP contribution in [0.3, 0.4) is 0 Å². The van der Waals surface area contributed by atoms with Gasteiger partial charge in [0.25, 0.3) is 0 Å². The van der Waals surface area contributed by atoms with Gasteiger partial charge in [0.1, 0.15) is 25.4 Å². The average molecular weight is 456 g/mol. The number of hydrogen-bond donors (Lipinski definition) is 3. The highest BCUT2D eigenvalue weighted by Crippen LogP contribution is 2.33. The second-order valence-electron chi connectivity index (χ2n) is 7.15. The fourth-order valence-electron chi connectivity index (χ4n) is 3.18. The van der Waals surface area contributed by atoms with Crippen molar-refractivity contribution >= 4 is 0 Å². The van der Waals surface area contributed by atoms with Crippen LogP contribution in [0.2, 0.25) is 0 Å². The van der Waals surface area contributed by atoms with Gasteiger partial charge in [0.2, 0.25) is 0 Å². The molecule has 3 N–H and O–H groups in total. The summed E-state index contributed by atoms with van der Waals surface area (Å²) in [4.78, 5) is 0. The molecule has 0 aliphatic heterocycles. The normalized spacial score (nSPS) is 12.5. The standard InChI is InChI=1S/C25H28O8/c1-29-21-6-4-5-7-22(21)32-14-20(28)17-9-11-23(25(13-17)31-3)33-15-19(27)16-8-10-18(26)24(12-16)30-2/h4-13,19-20,26-28H,14-15H2,1-3H3. The van der Waals surface area contributed by atoms with Crippen molar-refractivity contribution in [2.24, 2.45) is 0 Å². The molecule has 0 saturated carbocycles. The van der Waals surface area contributed by atoms with Crippen molar-refractivity contribution in [2.45, 2.75) is 12.2 Å². The van der Waals surface area contributed by atoms with E-state index < -0.39 is 12.2 Å². The summed E-state index contributed by atoms with van der Waals surface area (Å²) in [7, 11) is 4.48. The number of phenols is 1. The molecule has 33 heavy (non-hydrogen) atoms. The second kappa shape index (κ2) is 11.3. The topological polar surface area (TPSA) is 107 Å². The lowest BCUT2D eigenvalue weighted by Crippen LogP contribution is -2.12. The molecule has 0 aliphatic carbocycles. The van der Waals surface area contributed by atoms with Crippen molar-refractivity contribution in [2.75, 3.05) is 34.5 Å². The van der Waals surface area contributed by atoms with E-state index in [9.17, 15) is 15.3 Å². The Morgan fingerprint density at radius 1 is 0.606 bits per heavy atom. The molecule has 0 fully saturated rings. The molecule has 8 heteroatoms. The lowest BCUT2D eigenvalue weighted by atomic mass is 10.1. The highest BCUT2D eigenvalue weighted by molar-refractivity contribution is 5.45. The Bertz CT molecular complexity index is 1050. The zero-order valence-electron chi connectivity index (χ0n) is 18.7. The molecule has 0 bridgehead atoms. The van der Waals surface area contributed by atoms with Crippen LogP contribution in [0.15, 0.2) is 60.7 Å². The van der Waals surface area contributed by atoms with Gasteiger partial charge < -0.3 is 39.0 Å². The summed E-state index contributed by atoms with van der Waals surface area (Å²) in [5, 5.41) is 30.7. The van der Waals surface area contributed by atoms with Crippen molar-refractivity contribution < 1.29 is 39.0 Å². The molecule has 3 rings (SSSR count). The van der Waals surface area contributed by atoms with Crippen LogP contribution < -0.4 is 23.7 Å². The molecule has 0 spiro atoms. The summed E-state index contributed by atoms with van der Waals surface area (Å²) >= 11 is 0. The van der Waals surface area contributed by atoms with Crippen LogP contribution in [0, 0.1) is 0 Å². The Labute approximate surface area is 192 Å². The van der Waals surface area contributed by atoms with Crippen molar-refractivity contribution in [1.82, 2.24) is 0 Å². The van der Waals surface area contributed by atoms with Crippen LogP contribution in [-0.2, 0) is 0 Å². The first-order valence-electron chi connectivity index (χ1n) is 10.3. The molecule has 0 heterocycles. The molecule has 0 radical (unpaired) electrons. The van der Waals surface area contributed by atoms with E-state index in [1.807, 2.05) is 12.1 Å². The van der Waals surface area contributed by atoms with Gasteiger partial charge in [0.05, 0.1) is 21.3 Å². The maximum Gasteiger partial charge on any atom is 0.161 e. The molecule has 2 atom stereocenters. The van der Waals surface area contributed by atoms with Gasteiger partial charge in [0.15, 0.2) is 34.5 Å². The smallest absolute Gasteiger partial charge is 0.161 e. The van der Waals surface area contributed by atoms with E-state index >= 15 is 0 Å². The zero-order valence-corrected chi connectivity index (χ0v) is 18.7. The van der Waals surface area contributed by atoms with E-state index in [1.165, 1.54) is 20.3 Å². The molecule has 3 aromatic rings. The first-order chi connectivity index (χ1) is 16.0. The largest absolute Gasteiger partial charge is 0.504 e. The first-order valence-corrected chi connectivity index (χ1v) is 10.3. The number of phenolic OH excluding ortho intramolecular Hbond substituents is 1. The number of aromatic hydroxyl groups is 1. The lowest BCUT2D eigenvalue weighted by molar-refractivity contribution is 0.103. The number of methoxy groups -OCH3 is 3. The monoisotopic (exact) mass is 456 g/mol. The Balaban J connectivity index is 1.64. The fourth-order valence-corrected chi connectivity index (χ4v) is 3.18. The predicted molar refractivity (Wildman–Crippen MR) is 122 cm³/mol. The quantitative estimate of drug-likeness (QED) is 0.402. The first kappa shape index (κ1) is 24.0. The number of para-hydroxylation sites is 2. The third kappa shape index (κ3) is 6.00. The van der Waals surface area contributed by atoms with Gasteiger partial charge in [-0.25, -0.2) is 0 Å². The third-order valence-electron chi connectivity index (χ3n) is 5.02. The van der Waals surface area contributed by atoms with Crippen LogP contribution in [-0.4, -0.2) is 49.9 Å². The number of aliphatic hydroxyl groups is 2. The summed E-state index contributed by atoms with van der Waals surface area (Å²) in [5.41, 5.74) is 1.11. The third-order valence-corrected chi connectivity index (χ3v) is 5.02. The molecule has 0 amide bonds. The van der Waals surface area contributed by atoms with Gasteiger partial charge in [-0.05, 0) is 47.5 Å². The van der Waals surface area contributed by atoms with Gasteiger partial charge >= 0.3 is 0 Å².